The van der Waals surface area contributed by atoms with Gasteiger partial charge in [0.05, 0.1) is 6.61 Å². The number of carbonyl (C=O) groups is 2. The van der Waals surface area contributed by atoms with Gasteiger partial charge in [0.15, 0.2) is 0 Å². The lowest BCUT2D eigenvalue weighted by Crippen LogP contribution is -2.29. The zero-order valence-electron chi connectivity index (χ0n) is 8.12. The summed E-state index contributed by atoms with van der Waals surface area (Å²) in [6.07, 6.45) is 1.10. The molecule has 14 heavy (non-hydrogen) atoms. The molecule has 0 atom stereocenters. The van der Waals surface area contributed by atoms with Crippen LogP contribution < -0.4 is 16.8 Å². The van der Waals surface area contributed by atoms with Crippen molar-refractivity contribution in [1.29, 1.82) is 0 Å². The van der Waals surface area contributed by atoms with Crippen LogP contribution in [-0.2, 0) is 14.3 Å². The molecule has 0 aromatic rings. The third-order valence-corrected chi connectivity index (χ3v) is 1.42. The minimum atomic E-state index is -0.514. The molecule has 0 aromatic heterocycles. The third-order valence-electron chi connectivity index (χ3n) is 1.42. The number of primary amides is 1. The van der Waals surface area contributed by atoms with E-state index in [1.807, 2.05) is 0 Å². The molecule has 0 aromatic carbocycles. The molecule has 0 fully saturated rings. The summed E-state index contributed by atoms with van der Waals surface area (Å²) in [5, 5.41) is 2.62. The molecular weight excluding hydrogens is 186 g/mol. The fraction of sp³-hybridized carbons (Fsp3) is 0.750. The number of carbonyl (C=O) groups excluding carboxylic acids is 2. The number of nitrogens with two attached hydrogens (primary N) is 2. The Morgan fingerprint density at radius 3 is 2.64 bits per heavy atom. The fourth-order valence-corrected chi connectivity index (χ4v) is 0.786. The molecule has 0 radical (unpaired) electrons. The van der Waals surface area contributed by atoms with E-state index in [9.17, 15) is 9.59 Å². The number of rotatable bonds is 8. The Morgan fingerprint density at radius 2 is 2.07 bits per heavy atom. The van der Waals surface area contributed by atoms with E-state index in [-0.39, 0.29) is 19.1 Å². The Balaban J connectivity index is 3.19. The summed E-state index contributed by atoms with van der Waals surface area (Å²) in [7, 11) is 0. The number of nitrogens with one attached hydrogen (secondary N) is 1. The van der Waals surface area contributed by atoms with Crippen molar-refractivity contribution in [1.82, 2.24) is 5.32 Å². The number of amides is 2. The van der Waals surface area contributed by atoms with Gasteiger partial charge >= 0.3 is 0 Å². The van der Waals surface area contributed by atoms with Crippen molar-refractivity contribution < 1.29 is 14.3 Å². The van der Waals surface area contributed by atoms with Crippen LogP contribution in [0.5, 0.6) is 0 Å². The molecule has 0 unspecified atom stereocenters. The number of hydrogen-bond acceptors (Lipinski definition) is 4. The Kier molecular flexibility index (Phi) is 7.77. The molecule has 0 aliphatic rings. The highest BCUT2D eigenvalue weighted by Gasteiger charge is 1.99. The highest BCUT2D eigenvalue weighted by atomic mass is 16.5. The standard InChI is InChI=1S/C8H17N3O3/c9-3-1-2-8(13)11-4-5-14-6-7(10)12/h1-6,9H2,(H2,10,12)(H,11,13). The topological polar surface area (TPSA) is 107 Å². The van der Waals surface area contributed by atoms with Gasteiger partial charge < -0.3 is 21.5 Å². The molecule has 2 amide bonds. The number of hydrogen-bond donors (Lipinski definition) is 3. The summed E-state index contributed by atoms with van der Waals surface area (Å²) in [6, 6.07) is 0. The van der Waals surface area contributed by atoms with Crippen LogP contribution in [0, 0.1) is 0 Å². The molecule has 6 heteroatoms. The molecule has 6 nitrogen and oxygen atoms in total. The zero-order valence-corrected chi connectivity index (χ0v) is 8.12. The van der Waals surface area contributed by atoms with Crippen molar-refractivity contribution in [3.63, 3.8) is 0 Å². The maximum absolute atomic E-state index is 11.0. The first kappa shape index (κ1) is 12.9. The third kappa shape index (κ3) is 8.95. The molecule has 0 saturated carbocycles. The van der Waals surface area contributed by atoms with E-state index in [1.165, 1.54) is 0 Å². The van der Waals surface area contributed by atoms with Gasteiger partial charge in [0.25, 0.3) is 0 Å². The zero-order chi connectivity index (χ0) is 10.8. The largest absolute Gasteiger partial charge is 0.370 e. The fourth-order valence-electron chi connectivity index (χ4n) is 0.786. The van der Waals surface area contributed by atoms with Gasteiger partial charge in [-0.3, -0.25) is 9.59 Å². The molecule has 0 rings (SSSR count). The Labute approximate surface area is 83.0 Å². The normalized spacial score (nSPS) is 9.79. The van der Waals surface area contributed by atoms with Gasteiger partial charge in [0.1, 0.15) is 6.61 Å². The molecule has 82 valence electrons. The van der Waals surface area contributed by atoms with Crippen molar-refractivity contribution in [2.24, 2.45) is 11.5 Å². The van der Waals surface area contributed by atoms with E-state index in [0.29, 0.717) is 25.9 Å². The second-order valence-electron chi connectivity index (χ2n) is 2.76. The molecule has 0 spiro atoms. The van der Waals surface area contributed by atoms with E-state index in [4.69, 9.17) is 16.2 Å². The van der Waals surface area contributed by atoms with Crippen LogP contribution >= 0.6 is 0 Å². The maximum atomic E-state index is 11.0. The van der Waals surface area contributed by atoms with E-state index < -0.39 is 5.91 Å². The first-order valence-electron chi connectivity index (χ1n) is 4.49. The summed E-state index contributed by atoms with van der Waals surface area (Å²) in [6.45, 7) is 1.07. The second-order valence-corrected chi connectivity index (χ2v) is 2.76. The molecular formula is C8H17N3O3. The minimum absolute atomic E-state index is 0.0573. The van der Waals surface area contributed by atoms with Crippen molar-refractivity contribution >= 4 is 11.8 Å². The second kappa shape index (κ2) is 8.46. The highest BCUT2D eigenvalue weighted by molar-refractivity contribution is 5.76. The van der Waals surface area contributed by atoms with E-state index in [2.05, 4.69) is 5.32 Å². The molecule has 0 bridgehead atoms. The van der Waals surface area contributed by atoms with Crippen molar-refractivity contribution in [3.05, 3.63) is 0 Å². The Morgan fingerprint density at radius 1 is 1.36 bits per heavy atom. The molecule has 0 heterocycles. The van der Waals surface area contributed by atoms with Crippen LogP contribution in [0.25, 0.3) is 0 Å². The highest BCUT2D eigenvalue weighted by Crippen LogP contribution is 1.84. The summed E-state index contributed by atoms with van der Waals surface area (Å²) < 4.78 is 4.84. The minimum Gasteiger partial charge on any atom is -0.370 e. The summed E-state index contributed by atoms with van der Waals surface area (Å²) in [5.74, 6) is -0.572. The lowest BCUT2D eigenvalue weighted by molar-refractivity contribution is -0.122. The van der Waals surface area contributed by atoms with Gasteiger partial charge in [-0.05, 0) is 13.0 Å². The molecule has 0 aliphatic heterocycles. The summed E-state index contributed by atoms with van der Waals surface area (Å²) in [5.41, 5.74) is 10.1. The predicted molar refractivity (Wildman–Crippen MR) is 51.3 cm³/mol. The average Bonchev–Trinajstić information content (AvgIpc) is 2.13. The molecule has 0 saturated heterocycles. The Bertz CT molecular complexity index is 185. The average molecular weight is 203 g/mol. The lowest BCUT2D eigenvalue weighted by atomic mass is 10.3. The SMILES string of the molecule is NCCCC(=O)NCCOCC(N)=O. The van der Waals surface area contributed by atoms with Crippen molar-refractivity contribution in [2.45, 2.75) is 12.8 Å². The van der Waals surface area contributed by atoms with E-state index in [1.54, 1.807) is 0 Å². The van der Waals surface area contributed by atoms with Gasteiger partial charge in [0, 0.05) is 13.0 Å². The quantitative estimate of drug-likeness (QED) is 0.410. The van der Waals surface area contributed by atoms with Gasteiger partial charge in [-0.1, -0.05) is 0 Å². The van der Waals surface area contributed by atoms with Crippen molar-refractivity contribution in [3.8, 4) is 0 Å². The van der Waals surface area contributed by atoms with E-state index in [0.717, 1.165) is 0 Å². The first-order valence-corrected chi connectivity index (χ1v) is 4.49. The van der Waals surface area contributed by atoms with Gasteiger partial charge in [0.2, 0.25) is 11.8 Å². The molecule has 5 N–H and O–H groups in total. The maximum Gasteiger partial charge on any atom is 0.243 e. The predicted octanol–water partition coefficient (Wildman–Crippen LogP) is -1.66. The van der Waals surface area contributed by atoms with Gasteiger partial charge in [-0.25, -0.2) is 0 Å². The monoisotopic (exact) mass is 203 g/mol. The van der Waals surface area contributed by atoms with Crippen LogP contribution in [0.15, 0.2) is 0 Å². The smallest absolute Gasteiger partial charge is 0.243 e. The number of ether oxygens (including phenoxy) is 1. The van der Waals surface area contributed by atoms with Crippen LogP contribution in [-0.4, -0.2) is 38.1 Å². The Hall–Kier alpha value is -1.14. The summed E-state index contributed by atoms with van der Waals surface area (Å²) >= 11 is 0. The molecule has 0 aliphatic carbocycles. The van der Waals surface area contributed by atoms with Crippen LogP contribution in [0.3, 0.4) is 0 Å². The van der Waals surface area contributed by atoms with Crippen molar-refractivity contribution in [2.75, 3.05) is 26.3 Å². The van der Waals surface area contributed by atoms with Crippen LogP contribution in [0.4, 0.5) is 0 Å². The lowest BCUT2D eigenvalue weighted by Gasteiger charge is -2.04. The summed E-state index contributed by atoms with van der Waals surface area (Å²) in [4.78, 5) is 21.2. The van der Waals surface area contributed by atoms with E-state index >= 15 is 0 Å². The first-order chi connectivity index (χ1) is 6.66. The van der Waals surface area contributed by atoms with Crippen LogP contribution in [0.2, 0.25) is 0 Å². The van der Waals surface area contributed by atoms with Gasteiger partial charge in [-0.15, -0.1) is 0 Å². The van der Waals surface area contributed by atoms with Crippen LogP contribution in [0.1, 0.15) is 12.8 Å². The van der Waals surface area contributed by atoms with Gasteiger partial charge in [-0.2, -0.15) is 0 Å².